The van der Waals surface area contributed by atoms with Gasteiger partial charge in [0.15, 0.2) is 12.6 Å². The summed E-state index contributed by atoms with van der Waals surface area (Å²) in [5, 5.41) is 94.6. The van der Waals surface area contributed by atoms with Gasteiger partial charge in [-0.05, 0) is 275 Å². The fourth-order valence-electron chi connectivity index (χ4n) is 11.3. The van der Waals surface area contributed by atoms with Crippen molar-refractivity contribution in [3.63, 3.8) is 0 Å². The molecule has 0 heterocycles. The van der Waals surface area contributed by atoms with Crippen molar-refractivity contribution >= 4 is 12.6 Å². The third-order valence-electron chi connectivity index (χ3n) is 16.2. The Bertz CT molecular complexity index is 3710. The van der Waals surface area contributed by atoms with Crippen molar-refractivity contribution in [1.29, 1.82) is 0 Å². The molecule has 0 aromatic heterocycles. The molecular weight excluding hydrogens is 1100 g/mol. The fourth-order valence-corrected chi connectivity index (χ4v) is 11.3. The Morgan fingerprint density at radius 2 is 0.540 bits per heavy atom. The van der Waals surface area contributed by atoms with Crippen molar-refractivity contribution in [2.24, 2.45) is 0 Å². The van der Waals surface area contributed by atoms with Crippen LogP contribution in [-0.2, 0) is 12.8 Å². The second-order valence-corrected chi connectivity index (χ2v) is 23.1. The Labute approximate surface area is 510 Å². The molecule has 456 valence electrons. The van der Waals surface area contributed by atoms with Crippen LogP contribution in [0.3, 0.4) is 0 Å². The number of rotatable bonds is 12. The van der Waals surface area contributed by atoms with E-state index in [1.807, 2.05) is 132 Å². The molecule has 0 unspecified atom stereocenters. The van der Waals surface area contributed by atoms with Gasteiger partial charge in [-0.3, -0.25) is 9.59 Å². The maximum Gasteiger partial charge on any atom is 0.153 e. The van der Waals surface area contributed by atoms with Gasteiger partial charge in [0, 0.05) is 23.0 Å². The van der Waals surface area contributed by atoms with Gasteiger partial charge in [-0.2, -0.15) is 0 Å². The molecule has 13 nitrogen and oxygen atoms in total. The first-order valence-corrected chi connectivity index (χ1v) is 28.2. The summed E-state index contributed by atoms with van der Waals surface area (Å²) in [5.41, 5.74) is 20.5. The van der Waals surface area contributed by atoms with Crippen LogP contribution in [0, 0.1) is 96.9 Å². The Hall–Kier alpha value is -9.56. The predicted molar refractivity (Wildman–Crippen MR) is 345 cm³/mol. The molecule has 0 amide bonds. The first kappa shape index (κ1) is 68.2. The number of aromatic hydroxyl groups is 9. The van der Waals surface area contributed by atoms with Crippen molar-refractivity contribution < 1.29 is 66.5 Å². The number of phenolic OH excluding ortho intramolecular Hbond substituents is 9. The Morgan fingerprint density at radius 3 is 0.805 bits per heavy atom. The summed E-state index contributed by atoms with van der Waals surface area (Å²) in [6.07, 6.45) is 2.24. The minimum atomic E-state index is -0.403. The molecule has 0 aliphatic carbocycles. The van der Waals surface area contributed by atoms with Gasteiger partial charge >= 0.3 is 0 Å². The summed E-state index contributed by atoms with van der Waals surface area (Å²) in [4.78, 5) is 21.9. The van der Waals surface area contributed by atoms with Gasteiger partial charge in [-0.15, -0.1) is 0 Å². The fraction of sp³-hybridized carbons (Fsp3) is 0.243. The topological polar surface area (TPSA) is 279 Å². The highest BCUT2D eigenvalue weighted by Crippen LogP contribution is 2.47. The minimum Gasteiger partial charge on any atom is -0.508 e. The summed E-state index contributed by atoms with van der Waals surface area (Å²) in [5.74, 6) is 0.759. The summed E-state index contributed by atoms with van der Waals surface area (Å²) in [7, 11) is 0. The number of benzene rings is 9. The predicted octanol–water partition coefficient (Wildman–Crippen LogP) is 14.2. The second-order valence-electron chi connectivity index (χ2n) is 23.1. The molecule has 13 N–H and O–H groups in total. The lowest BCUT2D eigenvalue weighted by Gasteiger charge is -2.27. The summed E-state index contributed by atoms with van der Waals surface area (Å²) < 4.78 is 0. The zero-order valence-electron chi connectivity index (χ0n) is 52.0. The van der Waals surface area contributed by atoms with Gasteiger partial charge in [0.25, 0.3) is 0 Å². The number of hydrogen-bond acceptors (Lipinski definition) is 11. The van der Waals surface area contributed by atoms with Gasteiger partial charge in [-0.1, -0.05) is 72.8 Å². The van der Waals surface area contributed by atoms with Gasteiger partial charge < -0.3 is 56.9 Å². The van der Waals surface area contributed by atoms with Gasteiger partial charge in [0.2, 0.25) is 0 Å². The number of phenols is 9. The maximum absolute atomic E-state index is 11.8. The van der Waals surface area contributed by atoms with Crippen molar-refractivity contribution in [2.45, 2.75) is 122 Å². The van der Waals surface area contributed by atoms with Crippen molar-refractivity contribution in [2.75, 3.05) is 0 Å². The van der Waals surface area contributed by atoms with Gasteiger partial charge in [0.05, 0.1) is 11.1 Å². The molecule has 0 radical (unpaired) electrons. The van der Waals surface area contributed by atoms with Crippen LogP contribution in [0.1, 0.15) is 166 Å². The van der Waals surface area contributed by atoms with E-state index in [4.69, 9.17) is 5.11 Å². The molecule has 0 saturated carbocycles. The molecule has 0 atom stereocenters. The number of hydrogen-bond donors (Lipinski definition) is 9. The van der Waals surface area contributed by atoms with Crippen LogP contribution in [0.2, 0.25) is 0 Å². The zero-order valence-corrected chi connectivity index (χ0v) is 52.0. The molecule has 0 aliphatic rings. The smallest absolute Gasteiger partial charge is 0.153 e. The first-order chi connectivity index (χ1) is 40.0. The standard InChI is InChI=1S/C49H52O6.C17H16O4.C8H10O.2H2O/c1-24-17-42(50)28(5)13-36(24)46(37-14-29(6)43(51)18-25(37)2)40-22-34(11-32(9)48(40)54)21-35-12-33(10)49(55)41(23-35)47(38-15-30(7)44(52)19-26(38)3)39-16-31(8)45(53)20-27(39)4;1-10-3-12(6-14(8-18)16(10)20)5-13-4-11(2)17(21)15(7-13)9-19;1-6-3-4-7(2)8(9)5-6;;/h11-20,22-23,46-47,50-55H,21H2,1-10H3;3-4,6-9,20-21H,5H2,1-2H3;3-5,9H,1-2H3;2*1H2. The maximum atomic E-state index is 11.8. The lowest BCUT2D eigenvalue weighted by molar-refractivity contribution is 0.111. The highest BCUT2D eigenvalue weighted by molar-refractivity contribution is 5.81. The molecule has 13 heteroatoms. The average Bonchev–Trinajstić information content (AvgIpc) is 0.920. The zero-order chi connectivity index (χ0) is 62.6. The van der Waals surface area contributed by atoms with Crippen LogP contribution >= 0.6 is 0 Å². The van der Waals surface area contributed by atoms with Crippen LogP contribution in [0.15, 0.2) is 115 Å². The van der Waals surface area contributed by atoms with Crippen molar-refractivity contribution in [1.82, 2.24) is 0 Å². The molecule has 0 fully saturated rings. The summed E-state index contributed by atoms with van der Waals surface area (Å²) in [6, 6.07) is 35.6. The normalized spacial score (nSPS) is 10.8. The Balaban J connectivity index is 0.000000352. The monoisotopic (exact) mass is 1180 g/mol. The molecule has 87 heavy (non-hydrogen) atoms. The quantitative estimate of drug-likeness (QED) is 0.0410. The van der Waals surface area contributed by atoms with Crippen molar-refractivity contribution in [3.05, 3.63) is 260 Å². The Morgan fingerprint density at radius 1 is 0.276 bits per heavy atom. The largest absolute Gasteiger partial charge is 0.508 e. The third kappa shape index (κ3) is 15.1. The molecule has 0 bridgehead atoms. The van der Waals surface area contributed by atoms with E-state index in [-0.39, 0.29) is 68.1 Å². The first-order valence-electron chi connectivity index (χ1n) is 28.2. The number of aryl methyl sites for hydroxylation is 14. The molecule has 9 rings (SSSR count). The van der Waals surface area contributed by atoms with E-state index in [9.17, 15) is 50.4 Å². The SMILES string of the molecule is Cc1cc(C(c2cc(C)c(O)cc2C)c2cc(Cc3cc(C)c(O)c(C(c4cc(C)c(O)cc4C)c4cc(C)c(O)cc4C)c3)cc(C)c2O)c(C)cc1O.Cc1cc(Cc2cc(C)c(O)c(C=O)c2)cc(C=O)c1O.Cc1ccc(C)c(O)c1.O.O. The van der Waals surface area contributed by atoms with E-state index in [0.29, 0.717) is 42.3 Å². The highest BCUT2D eigenvalue weighted by Gasteiger charge is 2.29. The van der Waals surface area contributed by atoms with E-state index in [2.05, 4.69) is 12.1 Å². The Kier molecular flexibility index (Phi) is 22.0. The number of carbonyl (C=O) groups excluding carboxylic acids is 2. The molecule has 9 aromatic rings. The van der Waals surface area contributed by atoms with E-state index in [0.717, 1.165) is 122 Å². The van der Waals surface area contributed by atoms with Crippen LogP contribution in [0.4, 0.5) is 0 Å². The van der Waals surface area contributed by atoms with Gasteiger partial charge in [0.1, 0.15) is 51.7 Å². The van der Waals surface area contributed by atoms with Crippen LogP contribution in [0.5, 0.6) is 51.7 Å². The van der Waals surface area contributed by atoms with Crippen molar-refractivity contribution in [3.8, 4) is 51.7 Å². The van der Waals surface area contributed by atoms with E-state index in [1.165, 1.54) is 0 Å². The minimum absolute atomic E-state index is 0. The number of aldehydes is 2. The number of carbonyl (C=O) groups is 2. The summed E-state index contributed by atoms with van der Waals surface area (Å²) in [6.45, 7) is 26.4. The lowest BCUT2D eigenvalue weighted by Crippen LogP contribution is -2.11. The van der Waals surface area contributed by atoms with Crippen LogP contribution in [0.25, 0.3) is 0 Å². The van der Waals surface area contributed by atoms with Crippen LogP contribution in [-0.4, -0.2) is 69.5 Å². The molecule has 9 aromatic carbocycles. The second kappa shape index (κ2) is 28.1. The third-order valence-corrected chi connectivity index (χ3v) is 16.2. The highest BCUT2D eigenvalue weighted by atomic mass is 16.3. The average molecular weight is 1180 g/mol. The van der Waals surface area contributed by atoms with E-state index >= 15 is 0 Å². The lowest BCUT2D eigenvalue weighted by atomic mass is 9.77. The van der Waals surface area contributed by atoms with E-state index in [1.54, 1.807) is 68.4 Å². The molecular formula is C74H82O13. The van der Waals surface area contributed by atoms with E-state index < -0.39 is 11.8 Å². The molecule has 0 spiro atoms. The summed E-state index contributed by atoms with van der Waals surface area (Å²) >= 11 is 0. The van der Waals surface area contributed by atoms with Crippen LogP contribution < -0.4 is 0 Å². The molecule has 0 aliphatic heterocycles. The van der Waals surface area contributed by atoms with Gasteiger partial charge in [-0.25, -0.2) is 0 Å². The molecule has 0 saturated heterocycles.